The lowest BCUT2D eigenvalue weighted by atomic mass is 10.1. The van der Waals surface area contributed by atoms with Crippen LogP contribution < -0.4 is 9.55 Å². The van der Waals surface area contributed by atoms with Gasteiger partial charge in [-0.05, 0) is 38.2 Å². The third kappa shape index (κ3) is 3.16. The topological polar surface area (TPSA) is 56.2 Å². The zero-order valence-corrected chi connectivity index (χ0v) is 10.8. The molecule has 6 heteroatoms. The summed E-state index contributed by atoms with van der Waals surface area (Å²) >= 11 is 0. The largest absolute Gasteiger partial charge is 0.707 e. The van der Waals surface area contributed by atoms with Crippen LogP contribution in [0.3, 0.4) is 0 Å². The highest BCUT2D eigenvalue weighted by Gasteiger charge is 2.20. The Morgan fingerprint density at radius 1 is 1.22 bits per heavy atom. The van der Waals surface area contributed by atoms with Gasteiger partial charge < -0.3 is 24.5 Å². The van der Waals surface area contributed by atoms with Crippen LogP contribution >= 0.6 is 0 Å². The lowest BCUT2D eigenvalue weighted by Gasteiger charge is -2.39. The minimum Gasteiger partial charge on any atom is -0.512 e. The fraction of sp³-hybridized carbons (Fsp3) is 0.500. The molecule has 1 aromatic rings. The van der Waals surface area contributed by atoms with Crippen molar-refractivity contribution in [1.29, 1.82) is 0 Å². The first-order chi connectivity index (χ1) is 8.56. The first-order valence-corrected chi connectivity index (χ1v) is 6.14. The molecule has 98 valence electrons. The lowest BCUT2D eigenvalue weighted by Crippen LogP contribution is -2.50. The van der Waals surface area contributed by atoms with Crippen LogP contribution in [0.25, 0.3) is 0 Å². The fourth-order valence-electron chi connectivity index (χ4n) is 2.14. The van der Waals surface area contributed by atoms with E-state index >= 15 is 0 Å². The third-order valence-corrected chi connectivity index (χ3v) is 3.40. The highest BCUT2D eigenvalue weighted by atomic mass is 16.6. The molecule has 0 amide bonds. The van der Waals surface area contributed by atoms with Crippen molar-refractivity contribution in [1.82, 2.24) is 4.90 Å². The second-order valence-corrected chi connectivity index (χ2v) is 4.71. The number of anilines is 1. The van der Waals surface area contributed by atoms with Gasteiger partial charge in [0.2, 0.25) is 0 Å². The highest BCUT2D eigenvalue weighted by molar-refractivity contribution is 6.33. The highest BCUT2D eigenvalue weighted by Crippen LogP contribution is 2.22. The van der Waals surface area contributed by atoms with Crippen LogP contribution in [-0.2, 0) is 0 Å². The standard InChI is InChI=1S/C12H19BN2O3/c1-10-9-15(8-7-14(10)2)11-3-5-12(6-4-11)18-13(16)17/h3-6,10,16-17H,7-9H2,1-2H3. The van der Waals surface area contributed by atoms with Crippen molar-refractivity contribution < 1.29 is 14.7 Å². The molecule has 18 heavy (non-hydrogen) atoms. The Balaban J connectivity index is 2.01. The zero-order valence-electron chi connectivity index (χ0n) is 10.8. The maximum atomic E-state index is 8.71. The van der Waals surface area contributed by atoms with Crippen molar-refractivity contribution in [3.05, 3.63) is 24.3 Å². The second-order valence-electron chi connectivity index (χ2n) is 4.71. The maximum Gasteiger partial charge on any atom is 0.707 e. The maximum absolute atomic E-state index is 8.71. The molecule has 5 nitrogen and oxygen atoms in total. The van der Waals surface area contributed by atoms with E-state index in [4.69, 9.17) is 14.7 Å². The molecule has 1 atom stereocenters. The number of hydrogen-bond donors (Lipinski definition) is 2. The van der Waals surface area contributed by atoms with E-state index in [1.807, 2.05) is 12.1 Å². The molecule has 1 fully saturated rings. The number of rotatable bonds is 3. The second kappa shape index (κ2) is 5.60. The number of hydrogen-bond acceptors (Lipinski definition) is 5. The Morgan fingerprint density at radius 2 is 1.89 bits per heavy atom. The Morgan fingerprint density at radius 3 is 2.44 bits per heavy atom. The van der Waals surface area contributed by atoms with Gasteiger partial charge in [0.25, 0.3) is 0 Å². The van der Waals surface area contributed by atoms with Crippen LogP contribution in [-0.4, -0.2) is 55.0 Å². The average molecular weight is 250 g/mol. The van der Waals surface area contributed by atoms with Gasteiger partial charge in [-0.1, -0.05) is 0 Å². The smallest absolute Gasteiger partial charge is 0.512 e. The van der Waals surface area contributed by atoms with Crippen LogP contribution in [0.1, 0.15) is 6.92 Å². The van der Waals surface area contributed by atoms with Gasteiger partial charge in [-0.2, -0.15) is 0 Å². The van der Waals surface area contributed by atoms with Crippen molar-refractivity contribution >= 4 is 13.0 Å². The van der Waals surface area contributed by atoms with E-state index in [9.17, 15) is 0 Å². The molecule has 0 aromatic heterocycles. The van der Waals surface area contributed by atoms with E-state index in [2.05, 4.69) is 23.8 Å². The summed E-state index contributed by atoms with van der Waals surface area (Å²) in [6, 6.07) is 7.91. The van der Waals surface area contributed by atoms with Crippen molar-refractivity contribution in [2.24, 2.45) is 0 Å². The van der Waals surface area contributed by atoms with E-state index in [1.165, 1.54) is 0 Å². The van der Waals surface area contributed by atoms with E-state index in [1.54, 1.807) is 12.1 Å². The Labute approximate surface area is 108 Å². The average Bonchev–Trinajstić information content (AvgIpc) is 2.33. The first kappa shape index (κ1) is 13.2. The number of nitrogens with zero attached hydrogens (tertiary/aromatic N) is 2. The Hall–Kier alpha value is -1.24. The van der Waals surface area contributed by atoms with E-state index < -0.39 is 7.32 Å². The van der Waals surface area contributed by atoms with Gasteiger partial charge >= 0.3 is 7.32 Å². The predicted octanol–water partition coefficient (Wildman–Crippen LogP) is 0.175. The molecular weight excluding hydrogens is 231 g/mol. The molecule has 1 unspecified atom stereocenters. The summed E-state index contributed by atoms with van der Waals surface area (Å²) in [6.45, 7) is 5.27. The molecule has 1 heterocycles. The summed E-state index contributed by atoms with van der Waals surface area (Å²) in [4.78, 5) is 4.67. The minimum atomic E-state index is -1.76. The monoisotopic (exact) mass is 250 g/mol. The number of benzene rings is 1. The number of piperazine rings is 1. The van der Waals surface area contributed by atoms with Crippen molar-refractivity contribution in [3.63, 3.8) is 0 Å². The van der Waals surface area contributed by atoms with Gasteiger partial charge in [0, 0.05) is 31.4 Å². The third-order valence-electron chi connectivity index (χ3n) is 3.40. The van der Waals surface area contributed by atoms with Gasteiger partial charge in [0.05, 0.1) is 0 Å². The molecule has 0 radical (unpaired) electrons. The molecule has 0 bridgehead atoms. The van der Waals surface area contributed by atoms with Gasteiger partial charge in [0.1, 0.15) is 5.75 Å². The predicted molar refractivity (Wildman–Crippen MR) is 71.6 cm³/mol. The fourth-order valence-corrected chi connectivity index (χ4v) is 2.14. The quantitative estimate of drug-likeness (QED) is 0.749. The van der Waals surface area contributed by atoms with Crippen molar-refractivity contribution in [3.8, 4) is 5.75 Å². The van der Waals surface area contributed by atoms with Gasteiger partial charge in [-0.25, -0.2) is 0 Å². The van der Waals surface area contributed by atoms with Crippen LogP contribution in [0.2, 0.25) is 0 Å². The summed E-state index contributed by atoms with van der Waals surface area (Å²) in [5.74, 6) is 0.455. The molecule has 1 aromatic carbocycles. The van der Waals surface area contributed by atoms with Gasteiger partial charge in [-0.15, -0.1) is 0 Å². The van der Waals surface area contributed by atoms with Crippen molar-refractivity contribution in [2.45, 2.75) is 13.0 Å². The summed E-state index contributed by atoms with van der Waals surface area (Å²) in [5, 5.41) is 17.4. The van der Waals surface area contributed by atoms with Crippen LogP contribution in [0, 0.1) is 0 Å². The molecule has 2 rings (SSSR count). The zero-order chi connectivity index (χ0) is 13.1. The van der Waals surface area contributed by atoms with E-state index in [0.29, 0.717) is 11.8 Å². The summed E-state index contributed by atoms with van der Waals surface area (Å²) in [5.41, 5.74) is 1.13. The van der Waals surface area contributed by atoms with Gasteiger partial charge in [-0.3, -0.25) is 0 Å². The first-order valence-electron chi connectivity index (χ1n) is 6.14. The van der Waals surface area contributed by atoms with Gasteiger partial charge in [0.15, 0.2) is 0 Å². The molecular formula is C12H19BN2O3. The molecule has 2 N–H and O–H groups in total. The summed E-state index contributed by atoms with van der Waals surface area (Å²) in [7, 11) is 0.376. The molecule has 0 saturated carbocycles. The van der Waals surface area contributed by atoms with Crippen LogP contribution in [0.15, 0.2) is 24.3 Å². The Bertz CT molecular complexity index is 385. The van der Waals surface area contributed by atoms with Crippen LogP contribution in [0.4, 0.5) is 5.69 Å². The van der Waals surface area contributed by atoms with E-state index in [0.717, 1.165) is 25.3 Å². The SMILES string of the molecule is CC1CN(c2ccc(OB(O)O)cc2)CCN1C. The molecule has 1 aliphatic rings. The lowest BCUT2D eigenvalue weighted by molar-refractivity contribution is 0.234. The summed E-state index contributed by atoms with van der Waals surface area (Å²) in [6.07, 6.45) is 0. The normalized spacial score (nSPS) is 20.9. The van der Waals surface area contributed by atoms with Crippen molar-refractivity contribution in [2.75, 3.05) is 31.6 Å². The minimum absolute atomic E-state index is 0.455. The Kier molecular flexibility index (Phi) is 4.11. The molecule has 0 aliphatic carbocycles. The number of likely N-dealkylation sites (N-methyl/N-ethyl adjacent to an activating group) is 1. The summed E-state index contributed by atoms with van der Waals surface area (Å²) < 4.78 is 4.78. The van der Waals surface area contributed by atoms with E-state index in [-0.39, 0.29) is 0 Å². The molecule has 1 saturated heterocycles. The molecule has 1 aliphatic heterocycles. The molecule has 0 spiro atoms. The van der Waals surface area contributed by atoms with Crippen LogP contribution in [0.5, 0.6) is 5.75 Å².